The van der Waals surface area contributed by atoms with Crippen LogP contribution in [0.5, 0.6) is 0 Å². The fraction of sp³-hybridized carbons (Fsp3) is 0.500. The minimum absolute atomic E-state index is 0.136. The summed E-state index contributed by atoms with van der Waals surface area (Å²) >= 11 is 0. The van der Waals surface area contributed by atoms with Crippen molar-refractivity contribution in [3.05, 3.63) is 29.8 Å². The molecule has 1 aromatic carbocycles. The van der Waals surface area contributed by atoms with Gasteiger partial charge in [-0.15, -0.1) is 4.40 Å². The number of unbranched alkanes of at least 4 members (excludes halogenated alkanes) is 1. The summed E-state index contributed by atoms with van der Waals surface area (Å²) in [4.78, 5) is 26.0. The first-order valence-electron chi connectivity index (χ1n) is 9.09. The maximum atomic E-state index is 12.7. The number of rotatable bonds is 6. The van der Waals surface area contributed by atoms with Gasteiger partial charge in [-0.2, -0.15) is 8.42 Å². The average molecular weight is 393 g/mol. The molecule has 9 heteroatoms. The van der Waals surface area contributed by atoms with E-state index in [0.29, 0.717) is 37.8 Å². The molecule has 1 aromatic rings. The summed E-state index contributed by atoms with van der Waals surface area (Å²) < 4.78 is 28.5. The monoisotopic (exact) mass is 393 g/mol. The second-order valence-electron chi connectivity index (χ2n) is 6.78. The maximum Gasteiger partial charge on any atom is 0.326 e. The number of fused-ring (bicyclic) bond motifs is 1. The molecule has 146 valence electrons. The summed E-state index contributed by atoms with van der Waals surface area (Å²) in [5, 5.41) is 11.9. The Labute approximate surface area is 158 Å². The number of amidine groups is 1. The van der Waals surface area contributed by atoms with Gasteiger partial charge in [-0.3, -0.25) is 4.79 Å². The number of hydrogen-bond acceptors (Lipinski definition) is 5. The first-order chi connectivity index (χ1) is 12.8. The van der Waals surface area contributed by atoms with Gasteiger partial charge in [0.2, 0.25) is 5.91 Å². The van der Waals surface area contributed by atoms with Crippen molar-refractivity contribution in [2.24, 2.45) is 4.40 Å². The number of carbonyl (C=O) groups excluding carboxylic acids is 1. The van der Waals surface area contributed by atoms with E-state index < -0.39 is 34.0 Å². The van der Waals surface area contributed by atoms with Gasteiger partial charge in [-0.25, -0.2) is 4.79 Å². The number of amides is 1. The molecule has 2 aliphatic rings. The molecule has 2 aliphatic heterocycles. The van der Waals surface area contributed by atoms with Gasteiger partial charge in [0, 0.05) is 12.1 Å². The molecule has 0 bridgehead atoms. The fourth-order valence-corrected chi connectivity index (χ4v) is 4.74. The third kappa shape index (κ3) is 3.83. The van der Waals surface area contributed by atoms with Gasteiger partial charge < -0.3 is 15.3 Å². The van der Waals surface area contributed by atoms with E-state index in [-0.39, 0.29) is 10.7 Å². The number of carbonyl (C=O) groups is 2. The normalized spacial score (nSPS) is 21.4. The van der Waals surface area contributed by atoms with Crippen molar-refractivity contribution < 1.29 is 23.1 Å². The summed E-state index contributed by atoms with van der Waals surface area (Å²) in [5.74, 6) is -1.20. The molecule has 0 saturated carbocycles. The van der Waals surface area contributed by atoms with Crippen molar-refractivity contribution in [1.82, 2.24) is 10.2 Å². The van der Waals surface area contributed by atoms with E-state index >= 15 is 0 Å². The van der Waals surface area contributed by atoms with Crippen molar-refractivity contribution in [1.29, 1.82) is 0 Å². The molecular weight excluding hydrogens is 370 g/mol. The molecular formula is C18H23N3O5S. The van der Waals surface area contributed by atoms with E-state index in [2.05, 4.69) is 9.71 Å². The van der Waals surface area contributed by atoms with Crippen LogP contribution in [0.1, 0.15) is 44.6 Å². The van der Waals surface area contributed by atoms with Crippen LogP contribution in [0.4, 0.5) is 0 Å². The van der Waals surface area contributed by atoms with Crippen molar-refractivity contribution in [3.8, 4) is 0 Å². The zero-order chi connectivity index (χ0) is 19.6. The summed E-state index contributed by atoms with van der Waals surface area (Å²) in [6.45, 7) is 2.45. The number of sulfonamides is 1. The van der Waals surface area contributed by atoms with E-state index in [1.165, 1.54) is 6.07 Å². The third-order valence-corrected chi connectivity index (χ3v) is 6.23. The molecule has 1 amide bonds. The molecule has 2 N–H and O–H groups in total. The highest BCUT2D eigenvalue weighted by molar-refractivity contribution is 7.90. The van der Waals surface area contributed by atoms with E-state index in [1.54, 1.807) is 23.1 Å². The van der Waals surface area contributed by atoms with E-state index in [4.69, 9.17) is 0 Å². The molecule has 0 aromatic heterocycles. The SMILES string of the molecule is CCCCC(NC(=O)[C@@H]1CCCN1C1=NS(=O)(=O)c2ccccc21)C(=O)O. The first-order valence-corrected chi connectivity index (χ1v) is 10.5. The van der Waals surface area contributed by atoms with Crippen LogP contribution in [0, 0.1) is 0 Å². The zero-order valence-corrected chi connectivity index (χ0v) is 15.9. The number of benzene rings is 1. The largest absolute Gasteiger partial charge is 0.480 e. The van der Waals surface area contributed by atoms with E-state index in [0.717, 1.165) is 6.42 Å². The van der Waals surface area contributed by atoms with Gasteiger partial charge in [-0.05, 0) is 31.4 Å². The van der Waals surface area contributed by atoms with E-state index in [9.17, 15) is 23.1 Å². The van der Waals surface area contributed by atoms with Crippen molar-refractivity contribution >= 4 is 27.7 Å². The van der Waals surface area contributed by atoms with Gasteiger partial charge >= 0.3 is 5.97 Å². The molecule has 1 fully saturated rings. The minimum atomic E-state index is -3.77. The van der Waals surface area contributed by atoms with Gasteiger partial charge in [0.1, 0.15) is 17.0 Å². The second-order valence-corrected chi connectivity index (χ2v) is 8.35. The summed E-state index contributed by atoms with van der Waals surface area (Å²) in [6, 6.07) is 4.96. The van der Waals surface area contributed by atoms with Crippen LogP contribution in [-0.4, -0.2) is 54.8 Å². The molecule has 3 rings (SSSR count). The van der Waals surface area contributed by atoms with Crippen LogP contribution in [0.3, 0.4) is 0 Å². The molecule has 27 heavy (non-hydrogen) atoms. The number of nitrogens with zero attached hydrogens (tertiary/aromatic N) is 2. The summed E-state index contributed by atoms with van der Waals surface area (Å²) in [6.07, 6.45) is 3.12. The molecule has 0 radical (unpaired) electrons. The highest BCUT2D eigenvalue weighted by Gasteiger charge is 2.39. The van der Waals surface area contributed by atoms with Crippen molar-refractivity contribution in [2.45, 2.75) is 56.0 Å². The Morgan fingerprint density at radius 1 is 1.37 bits per heavy atom. The lowest BCUT2D eigenvalue weighted by molar-refractivity contribution is -0.142. The topological polar surface area (TPSA) is 116 Å². The lowest BCUT2D eigenvalue weighted by Gasteiger charge is -2.27. The van der Waals surface area contributed by atoms with Crippen LogP contribution >= 0.6 is 0 Å². The van der Waals surface area contributed by atoms with Crippen LogP contribution in [-0.2, 0) is 19.6 Å². The number of likely N-dealkylation sites (tertiary alicyclic amines) is 1. The Hall–Kier alpha value is -2.42. The Bertz CT molecular complexity index is 881. The fourth-order valence-electron chi connectivity index (χ4n) is 3.52. The zero-order valence-electron chi connectivity index (χ0n) is 15.1. The molecule has 2 atom stereocenters. The van der Waals surface area contributed by atoms with Gasteiger partial charge in [0.25, 0.3) is 10.0 Å². The van der Waals surface area contributed by atoms with Gasteiger partial charge in [0.15, 0.2) is 5.84 Å². The highest BCUT2D eigenvalue weighted by atomic mass is 32.2. The van der Waals surface area contributed by atoms with E-state index in [1.807, 2.05) is 6.92 Å². The molecule has 0 spiro atoms. The van der Waals surface area contributed by atoms with Crippen molar-refractivity contribution in [2.75, 3.05) is 6.54 Å². The number of nitrogens with one attached hydrogen (secondary N) is 1. The van der Waals surface area contributed by atoms with Gasteiger partial charge in [-0.1, -0.05) is 31.9 Å². The molecule has 0 aliphatic carbocycles. The Kier molecular flexibility index (Phi) is 5.50. The highest BCUT2D eigenvalue weighted by Crippen LogP contribution is 2.31. The van der Waals surface area contributed by atoms with Crippen molar-refractivity contribution in [3.63, 3.8) is 0 Å². The first kappa shape index (κ1) is 19.3. The molecule has 2 heterocycles. The van der Waals surface area contributed by atoms with Crippen LogP contribution in [0.2, 0.25) is 0 Å². The Morgan fingerprint density at radius 2 is 2.11 bits per heavy atom. The minimum Gasteiger partial charge on any atom is -0.480 e. The molecule has 8 nitrogen and oxygen atoms in total. The summed E-state index contributed by atoms with van der Waals surface area (Å²) in [5.41, 5.74) is 0.484. The molecule has 1 saturated heterocycles. The number of carboxylic acids is 1. The lowest BCUT2D eigenvalue weighted by Crippen LogP contribution is -2.50. The van der Waals surface area contributed by atoms with Gasteiger partial charge in [0.05, 0.1) is 0 Å². The van der Waals surface area contributed by atoms with Crippen LogP contribution < -0.4 is 5.32 Å². The smallest absolute Gasteiger partial charge is 0.326 e. The number of hydrogen-bond donors (Lipinski definition) is 2. The lowest BCUT2D eigenvalue weighted by atomic mass is 10.1. The second kappa shape index (κ2) is 7.67. The predicted molar refractivity (Wildman–Crippen MR) is 99.0 cm³/mol. The predicted octanol–water partition coefficient (Wildman–Crippen LogP) is 1.36. The molecule has 1 unspecified atom stereocenters. The average Bonchev–Trinajstić information content (AvgIpc) is 3.21. The standard InChI is InChI=1S/C18H23N3O5S/c1-2-3-8-13(18(23)24)19-17(22)14-9-6-11-21(14)16-12-7-4-5-10-15(12)27(25,26)20-16/h4-5,7,10,13-14H,2-3,6,8-9,11H2,1H3,(H,19,22)(H,23,24)/t13?,14-/m0/s1. The van der Waals surface area contributed by atoms with Crippen LogP contribution in [0.15, 0.2) is 33.6 Å². The third-order valence-electron chi connectivity index (χ3n) is 4.90. The summed E-state index contributed by atoms with van der Waals surface area (Å²) in [7, 11) is -3.77. The Balaban J connectivity index is 1.82. The Morgan fingerprint density at radius 3 is 2.81 bits per heavy atom. The van der Waals surface area contributed by atoms with Crippen LogP contribution in [0.25, 0.3) is 0 Å². The number of aliphatic carboxylic acids is 1. The maximum absolute atomic E-state index is 12.7. The quantitative estimate of drug-likeness (QED) is 0.754. The number of carboxylic acid groups (broad SMARTS) is 1.